The summed E-state index contributed by atoms with van der Waals surface area (Å²) in [5.74, 6) is -1.70. The lowest BCUT2D eigenvalue weighted by Gasteiger charge is -2.10. The van der Waals surface area contributed by atoms with Crippen LogP contribution in [-0.2, 0) is 4.79 Å². The third kappa shape index (κ3) is 2.60. The molecule has 0 heterocycles. The molecule has 0 aliphatic carbocycles. The number of anilines is 2. The van der Waals surface area contributed by atoms with E-state index in [4.69, 9.17) is 16.6 Å². The monoisotopic (exact) mass is 209 g/mol. The van der Waals surface area contributed by atoms with Crippen LogP contribution in [0.5, 0.6) is 0 Å². The average molecular weight is 209 g/mol. The molecule has 0 saturated heterocycles. The number of benzene rings is 1. The Hall–Kier alpha value is -2.24. The van der Waals surface area contributed by atoms with Crippen molar-refractivity contribution in [2.45, 2.75) is 0 Å². The van der Waals surface area contributed by atoms with Crippen molar-refractivity contribution in [3.8, 4) is 0 Å². The molecule has 0 aliphatic heterocycles. The number of hydrogen-bond acceptors (Lipinski definition) is 4. The molecule has 0 aliphatic rings. The summed E-state index contributed by atoms with van der Waals surface area (Å²) in [4.78, 5) is 21.3. The second-order valence-electron chi connectivity index (χ2n) is 2.89. The van der Waals surface area contributed by atoms with Crippen LogP contribution in [0.3, 0.4) is 0 Å². The van der Waals surface area contributed by atoms with E-state index >= 15 is 0 Å². The second kappa shape index (κ2) is 4.32. The predicted molar refractivity (Wildman–Crippen MR) is 55.5 cm³/mol. The van der Waals surface area contributed by atoms with E-state index in [0.29, 0.717) is 0 Å². The smallest absolute Gasteiger partial charge is 0.337 e. The molecule has 1 amide bonds. The molecule has 0 atom stereocenters. The maximum Gasteiger partial charge on any atom is 0.337 e. The van der Waals surface area contributed by atoms with Gasteiger partial charge in [0.15, 0.2) is 0 Å². The van der Waals surface area contributed by atoms with Crippen LogP contribution in [-0.4, -0.2) is 23.5 Å². The zero-order valence-corrected chi connectivity index (χ0v) is 7.86. The molecule has 6 nitrogen and oxygen atoms in total. The van der Waals surface area contributed by atoms with Gasteiger partial charge in [-0.05, 0) is 12.1 Å². The fraction of sp³-hybridized carbons (Fsp3) is 0.111. The standard InChI is InChI=1S/C9H11N3O3/c10-6-3-1-2-5(9(14)15)8(6)12-4-7(11)13/h1-3,12H,4,10H2,(H2,11,13)(H,14,15). The summed E-state index contributed by atoms with van der Waals surface area (Å²) in [6, 6.07) is 4.45. The molecule has 0 radical (unpaired) electrons. The van der Waals surface area contributed by atoms with Gasteiger partial charge in [0.25, 0.3) is 0 Å². The average Bonchev–Trinajstić information content (AvgIpc) is 2.15. The largest absolute Gasteiger partial charge is 0.478 e. The highest BCUT2D eigenvalue weighted by Gasteiger charge is 2.12. The second-order valence-corrected chi connectivity index (χ2v) is 2.89. The molecule has 0 aromatic heterocycles. The number of rotatable bonds is 4. The van der Waals surface area contributed by atoms with E-state index in [1.807, 2.05) is 0 Å². The zero-order chi connectivity index (χ0) is 11.4. The number of carbonyl (C=O) groups excluding carboxylic acids is 1. The van der Waals surface area contributed by atoms with Crippen LogP contribution in [0, 0.1) is 0 Å². The molecule has 0 spiro atoms. The molecular weight excluding hydrogens is 198 g/mol. The summed E-state index contributed by atoms with van der Waals surface area (Å²) >= 11 is 0. The molecule has 6 N–H and O–H groups in total. The first-order chi connectivity index (χ1) is 7.02. The molecule has 1 rings (SSSR count). The number of carbonyl (C=O) groups is 2. The summed E-state index contributed by atoms with van der Waals surface area (Å²) < 4.78 is 0. The van der Waals surface area contributed by atoms with Crippen molar-refractivity contribution in [1.82, 2.24) is 0 Å². The van der Waals surface area contributed by atoms with Gasteiger partial charge in [-0.1, -0.05) is 6.07 Å². The Balaban J connectivity index is 3.02. The highest BCUT2D eigenvalue weighted by atomic mass is 16.4. The molecule has 0 saturated carbocycles. The van der Waals surface area contributed by atoms with Gasteiger partial charge in [-0.15, -0.1) is 0 Å². The molecule has 6 heteroatoms. The van der Waals surface area contributed by atoms with Crippen LogP contribution in [0.2, 0.25) is 0 Å². The number of carboxylic acids is 1. The van der Waals surface area contributed by atoms with Crippen molar-refractivity contribution >= 4 is 23.3 Å². The summed E-state index contributed by atoms with van der Waals surface area (Å²) in [6.07, 6.45) is 0. The maximum atomic E-state index is 10.8. The highest BCUT2D eigenvalue weighted by molar-refractivity contribution is 5.98. The number of nitrogen functional groups attached to an aromatic ring is 1. The van der Waals surface area contributed by atoms with Crippen LogP contribution >= 0.6 is 0 Å². The van der Waals surface area contributed by atoms with Gasteiger partial charge in [0.05, 0.1) is 23.5 Å². The van der Waals surface area contributed by atoms with Gasteiger partial charge in [0.1, 0.15) is 0 Å². The zero-order valence-electron chi connectivity index (χ0n) is 7.86. The lowest BCUT2D eigenvalue weighted by molar-refractivity contribution is -0.116. The quantitative estimate of drug-likeness (QED) is 0.515. The highest BCUT2D eigenvalue weighted by Crippen LogP contribution is 2.22. The van der Waals surface area contributed by atoms with E-state index in [9.17, 15) is 9.59 Å². The van der Waals surface area contributed by atoms with Gasteiger partial charge >= 0.3 is 5.97 Å². The Bertz CT molecular complexity index is 404. The fourth-order valence-electron chi connectivity index (χ4n) is 1.12. The van der Waals surface area contributed by atoms with E-state index < -0.39 is 11.9 Å². The minimum atomic E-state index is -1.12. The van der Waals surface area contributed by atoms with Gasteiger partial charge in [0, 0.05) is 0 Å². The van der Waals surface area contributed by atoms with Gasteiger partial charge in [-0.3, -0.25) is 4.79 Å². The van der Waals surface area contributed by atoms with E-state index in [-0.39, 0.29) is 23.5 Å². The molecule has 0 fully saturated rings. The molecule has 80 valence electrons. The van der Waals surface area contributed by atoms with Gasteiger partial charge < -0.3 is 21.9 Å². The summed E-state index contributed by atoms with van der Waals surface area (Å²) in [5.41, 5.74) is 11.0. The Morgan fingerprint density at radius 2 is 2.07 bits per heavy atom. The molecule has 1 aromatic carbocycles. The minimum absolute atomic E-state index is 0.0104. The number of nitrogens with two attached hydrogens (primary N) is 2. The Labute approximate surface area is 85.9 Å². The number of nitrogens with one attached hydrogen (secondary N) is 1. The first-order valence-corrected chi connectivity index (χ1v) is 4.16. The van der Waals surface area contributed by atoms with E-state index in [2.05, 4.69) is 5.32 Å². The molecule has 15 heavy (non-hydrogen) atoms. The minimum Gasteiger partial charge on any atom is -0.478 e. The number of aromatic carboxylic acids is 1. The van der Waals surface area contributed by atoms with Crippen LogP contribution < -0.4 is 16.8 Å². The SMILES string of the molecule is NC(=O)CNc1c(N)cccc1C(=O)O. The van der Waals surface area contributed by atoms with Crippen molar-refractivity contribution in [1.29, 1.82) is 0 Å². The number of hydrogen-bond donors (Lipinski definition) is 4. The van der Waals surface area contributed by atoms with Crippen LogP contribution in [0.1, 0.15) is 10.4 Å². The van der Waals surface area contributed by atoms with Crippen LogP contribution in [0.15, 0.2) is 18.2 Å². The molecule has 0 bridgehead atoms. The number of amides is 1. The maximum absolute atomic E-state index is 10.8. The Morgan fingerprint density at radius 3 is 2.60 bits per heavy atom. The Kier molecular flexibility index (Phi) is 3.12. The Morgan fingerprint density at radius 1 is 1.40 bits per heavy atom. The fourth-order valence-corrected chi connectivity index (χ4v) is 1.12. The number of carboxylic acid groups (broad SMARTS) is 1. The molecule has 1 aromatic rings. The lowest BCUT2D eigenvalue weighted by atomic mass is 10.1. The normalized spacial score (nSPS) is 9.60. The number of primary amides is 1. The van der Waals surface area contributed by atoms with E-state index in [1.165, 1.54) is 18.2 Å². The summed E-state index contributed by atoms with van der Waals surface area (Å²) in [6.45, 7) is -0.158. The van der Waals surface area contributed by atoms with Gasteiger partial charge in [0.2, 0.25) is 5.91 Å². The number of para-hydroxylation sites is 1. The summed E-state index contributed by atoms with van der Waals surface area (Å²) in [5, 5.41) is 11.4. The van der Waals surface area contributed by atoms with Crippen molar-refractivity contribution in [3.63, 3.8) is 0 Å². The lowest BCUT2D eigenvalue weighted by Crippen LogP contribution is -2.23. The first kappa shape index (κ1) is 10.8. The van der Waals surface area contributed by atoms with Crippen LogP contribution in [0.4, 0.5) is 11.4 Å². The van der Waals surface area contributed by atoms with Crippen molar-refractivity contribution in [2.75, 3.05) is 17.6 Å². The third-order valence-electron chi connectivity index (χ3n) is 1.77. The third-order valence-corrected chi connectivity index (χ3v) is 1.77. The predicted octanol–water partition coefficient (Wildman–Crippen LogP) is -0.136. The molecule has 0 unspecified atom stereocenters. The van der Waals surface area contributed by atoms with Crippen molar-refractivity contribution in [3.05, 3.63) is 23.8 Å². The van der Waals surface area contributed by atoms with Crippen LogP contribution in [0.25, 0.3) is 0 Å². The summed E-state index contributed by atoms with van der Waals surface area (Å²) in [7, 11) is 0. The van der Waals surface area contributed by atoms with Crippen molar-refractivity contribution < 1.29 is 14.7 Å². The molecular formula is C9H11N3O3. The van der Waals surface area contributed by atoms with Crippen molar-refractivity contribution in [2.24, 2.45) is 5.73 Å². The van der Waals surface area contributed by atoms with Gasteiger partial charge in [-0.25, -0.2) is 4.79 Å². The van der Waals surface area contributed by atoms with E-state index in [1.54, 1.807) is 0 Å². The van der Waals surface area contributed by atoms with Gasteiger partial charge in [-0.2, -0.15) is 0 Å². The first-order valence-electron chi connectivity index (χ1n) is 4.16. The topological polar surface area (TPSA) is 118 Å². The van der Waals surface area contributed by atoms with E-state index in [0.717, 1.165) is 0 Å².